The number of hydrogen-bond donors (Lipinski definition) is 3. The average Bonchev–Trinajstić information content (AvgIpc) is 3.43. The van der Waals surface area contributed by atoms with Crippen LogP contribution in [0.15, 0.2) is 79.6 Å². The number of halogens is 1. The van der Waals surface area contributed by atoms with E-state index in [1.54, 1.807) is 87.1 Å². The number of carbonyl (C=O) groups excluding carboxylic acids is 2. The number of fused-ring (bicyclic) bond motifs is 1. The lowest BCUT2D eigenvalue weighted by Crippen LogP contribution is -2.14. The zero-order valence-electron chi connectivity index (χ0n) is 31.7. The molecule has 2 aromatic heterocycles. The summed E-state index contributed by atoms with van der Waals surface area (Å²) in [6.45, 7) is 9.52. The maximum absolute atomic E-state index is 13.0. The van der Waals surface area contributed by atoms with E-state index in [1.165, 1.54) is 55.9 Å². The minimum absolute atomic E-state index is 0.125. The van der Waals surface area contributed by atoms with Gasteiger partial charge in [-0.15, -0.1) is 6.58 Å². The molecule has 4 aromatic rings. The standard InChI is InChI=1S/C19H16ClNO4.C18H29NO2.C3H6.C2H6O2/c1-11-15(10-18(22)23)16-9-14(25-2)7-8-17(16)21(11)19(24)12-3-5-13(20)6-4-12;1-2-3-4-5-6-7-8-9-10-11-15-21-18(20)17-13-12-14-19-16-17;1-3-2;3-1-2-4/h3-9H,10H2,1-2H3,(H,22,23);12-14,16H,2-11,15H2,1H3;3H,1H2,2H3;3-4H,1-2H2. The lowest BCUT2D eigenvalue weighted by Gasteiger charge is -2.08. The molecule has 11 heteroatoms. The Kier molecular flexibility index (Phi) is 24.6. The summed E-state index contributed by atoms with van der Waals surface area (Å²) in [7, 11) is 1.54. The van der Waals surface area contributed by atoms with Crippen molar-refractivity contribution in [1.29, 1.82) is 0 Å². The molecule has 0 bridgehead atoms. The van der Waals surface area contributed by atoms with Gasteiger partial charge in [-0.1, -0.05) is 82.4 Å². The Bertz CT molecular complexity index is 1640. The van der Waals surface area contributed by atoms with E-state index in [0.29, 0.717) is 50.7 Å². The molecule has 0 unspecified atom stereocenters. The first-order valence-electron chi connectivity index (χ1n) is 18.2. The molecular weight excluding hydrogens is 696 g/mol. The highest BCUT2D eigenvalue weighted by Crippen LogP contribution is 2.31. The number of allylic oxidation sites excluding steroid dienone is 1. The van der Waals surface area contributed by atoms with E-state index in [4.69, 9.17) is 31.3 Å². The van der Waals surface area contributed by atoms with Crippen LogP contribution < -0.4 is 4.74 Å². The number of nitrogens with zero attached hydrogens (tertiary/aromatic N) is 2. The Balaban J connectivity index is 0.000000456. The minimum atomic E-state index is -0.955. The molecule has 10 nitrogen and oxygen atoms in total. The number of methoxy groups -OCH3 is 1. The van der Waals surface area contributed by atoms with Crippen molar-refractivity contribution in [2.24, 2.45) is 0 Å². The molecule has 53 heavy (non-hydrogen) atoms. The molecule has 2 heterocycles. The number of aliphatic hydroxyl groups is 2. The summed E-state index contributed by atoms with van der Waals surface area (Å²) in [4.78, 5) is 39.8. The molecule has 0 aliphatic carbocycles. The normalized spacial score (nSPS) is 10.1. The molecule has 0 fully saturated rings. The average molecular weight is 753 g/mol. The van der Waals surface area contributed by atoms with Gasteiger partial charge in [0.25, 0.3) is 5.91 Å². The molecule has 4 rings (SSSR count). The van der Waals surface area contributed by atoms with Gasteiger partial charge in [0.15, 0.2) is 0 Å². The molecule has 0 radical (unpaired) electrons. The van der Waals surface area contributed by atoms with Crippen LogP contribution in [0.25, 0.3) is 10.9 Å². The van der Waals surface area contributed by atoms with Gasteiger partial charge in [-0.05, 0) is 80.4 Å². The number of hydrogen-bond acceptors (Lipinski definition) is 8. The van der Waals surface area contributed by atoms with Crippen LogP contribution in [0, 0.1) is 6.92 Å². The molecule has 0 saturated carbocycles. The summed E-state index contributed by atoms with van der Waals surface area (Å²) in [6, 6.07) is 15.3. The van der Waals surface area contributed by atoms with E-state index in [9.17, 15) is 19.5 Å². The lowest BCUT2D eigenvalue weighted by molar-refractivity contribution is -0.136. The third-order valence-corrected chi connectivity index (χ3v) is 8.14. The van der Waals surface area contributed by atoms with Gasteiger partial charge in [-0.3, -0.25) is 19.1 Å². The fourth-order valence-corrected chi connectivity index (χ4v) is 5.39. The molecule has 3 N–H and O–H groups in total. The minimum Gasteiger partial charge on any atom is -0.497 e. The smallest absolute Gasteiger partial charge is 0.339 e. The van der Waals surface area contributed by atoms with Crippen molar-refractivity contribution in [3.63, 3.8) is 0 Å². The number of rotatable bonds is 17. The van der Waals surface area contributed by atoms with E-state index in [1.807, 2.05) is 6.92 Å². The highest BCUT2D eigenvalue weighted by molar-refractivity contribution is 6.30. The third-order valence-electron chi connectivity index (χ3n) is 7.89. The molecule has 0 aliphatic rings. The van der Waals surface area contributed by atoms with Crippen LogP contribution in [0.2, 0.25) is 5.02 Å². The number of pyridine rings is 1. The van der Waals surface area contributed by atoms with Gasteiger partial charge in [-0.2, -0.15) is 0 Å². The number of aromatic nitrogens is 2. The quantitative estimate of drug-likeness (QED) is 0.0545. The van der Waals surface area contributed by atoms with E-state index in [0.717, 1.165) is 12.8 Å². The molecule has 0 atom stereocenters. The molecule has 0 amide bonds. The van der Waals surface area contributed by atoms with Crippen molar-refractivity contribution in [3.8, 4) is 5.75 Å². The summed E-state index contributed by atoms with van der Waals surface area (Å²) in [6.07, 6.45) is 17.6. The first-order chi connectivity index (χ1) is 25.6. The largest absolute Gasteiger partial charge is 0.497 e. The van der Waals surface area contributed by atoms with Crippen LogP contribution in [-0.2, 0) is 16.0 Å². The van der Waals surface area contributed by atoms with Crippen LogP contribution in [-0.4, -0.2) is 69.6 Å². The third kappa shape index (κ3) is 17.7. The molecular formula is C42H57ClN2O8. The Labute approximate surface area is 319 Å². The van der Waals surface area contributed by atoms with Gasteiger partial charge in [0, 0.05) is 34.1 Å². The van der Waals surface area contributed by atoms with Crippen LogP contribution in [0.3, 0.4) is 0 Å². The number of esters is 1. The Morgan fingerprint density at radius 3 is 1.98 bits per heavy atom. The second-order valence-electron chi connectivity index (χ2n) is 12.1. The highest BCUT2D eigenvalue weighted by Gasteiger charge is 2.21. The zero-order chi connectivity index (χ0) is 39.4. The molecule has 0 saturated heterocycles. The summed E-state index contributed by atoms with van der Waals surface area (Å²) in [5, 5.41) is 25.7. The van der Waals surface area contributed by atoms with Gasteiger partial charge in [0.1, 0.15) is 5.75 Å². The topological polar surface area (TPSA) is 148 Å². The first-order valence-corrected chi connectivity index (χ1v) is 18.5. The number of carbonyl (C=O) groups is 3. The van der Waals surface area contributed by atoms with Gasteiger partial charge in [-0.25, -0.2) is 4.79 Å². The summed E-state index contributed by atoms with van der Waals surface area (Å²) >= 11 is 5.89. The number of ether oxygens (including phenoxy) is 2. The maximum atomic E-state index is 13.0. The van der Waals surface area contributed by atoms with Gasteiger partial charge in [0.2, 0.25) is 0 Å². The van der Waals surface area contributed by atoms with E-state index in [-0.39, 0.29) is 31.5 Å². The van der Waals surface area contributed by atoms with Crippen LogP contribution in [0.5, 0.6) is 5.75 Å². The Morgan fingerprint density at radius 1 is 0.887 bits per heavy atom. The molecule has 2 aromatic carbocycles. The van der Waals surface area contributed by atoms with E-state index >= 15 is 0 Å². The maximum Gasteiger partial charge on any atom is 0.339 e. The SMILES string of the molecule is C=CC.CCCCCCCCCCCCOC(=O)c1cccnc1.COc1ccc2c(c1)c(CC(=O)O)c(C)n2C(=O)c1ccc(Cl)cc1.OCCO. The number of aliphatic hydroxyl groups excluding tert-OH is 2. The van der Waals surface area contributed by atoms with Crippen LogP contribution in [0.1, 0.15) is 110 Å². The fourth-order valence-electron chi connectivity index (χ4n) is 5.27. The number of unbranched alkanes of at least 4 members (excludes halogenated alkanes) is 9. The van der Waals surface area contributed by atoms with Crippen molar-refractivity contribution < 1.29 is 39.2 Å². The number of benzene rings is 2. The lowest BCUT2D eigenvalue weighted by atomic mass is 10.1. The van der Waals surface area contributed by atoms with Gasteiger partial charge in [0.05, 0.1) is 44.4 Å². The van der Waals surface area contributed by atoms with Gasteiger partial charge >= 0.3 is 11.9 Å². The van der Waals surface area contributed by atoms with Crippen molar-refractivity contribution in [2.45, 2.75) is 91.4 Å². The summed E-state index contributed by atoms with van der Waals surface area (Å²) < 4.78 is 12.0. The van der Waals surface area contributed by atoms with E-state index in [2.05, 4.69) is 18.5 Å². The predicted molar refractivity (Wildman–Crippen MR) is 212 cm³/mol. The molecule has 290 valence electrons. The Hall–Kier alpha value is -4.51. The number of carboxylic acid groups (broad SMARTS) is 1. The van der Waals surface area contributed by atoms with Crippen LogP contribution >= 0.6 is 11.6 Å². The first kappa shape index (κ1) is 46.5. The Morgan fingerprint density at radius 2 is 1.47 bits per heavy atom. The van der Waals surface area contributed by atoms with Crippen molar-refractivity contribution >= 4 is 40.3 Å². The molecule has 0 spiro atoms. The second-order valence-corrected chi connectivity index (χ2v) is 12.5. The monoisotopic (exact) mass is 752 g/mol. The fraction of sp³-hybridized carbons (Fsp3) is 0.429. The summed E-state index contributed by atoms with van der Waals surface area (Å²) in [5.41, 5.74) is 2.86. The van der Waals surface area contributed by atoms with Gasteiger partial charge < -0.3 is 24.8 Å². The summed E-state index contributed by atoms with van der Waals surface area (Å²) in [5.74, 6) is -0.848. The van der Waals surface area contributed by atoms with Crippen molar-refractivity contribution in [1.82, 2.24) is 9.55 Å². The predicted octanol–water partition coefficient (Wildman–Crippen LogP) is 9.25. The van der Waals surface area contributed by atoms with Crippen molar-refractivity contribution in [2.75, 3.05) is 26.9 Å². The zero-order valence-corrected chi connectivity index (χ0v) is 32.4. The highest BCUT2D eigenvalue weighted by atomic mass is 35.5. The number of aliphatic carboxylic acids is 1. The number of carboxylic acids is 1. The van der Waals surface area contributed by atoms with Crippen LogP contribution in [0.4, 0.5) is 0 Å². The molecule has 0 aliphatic heterocycles. The van der Waals surface area contributed by atoms with Crippen molar-refractivity contribution in [3.05, 3.63) is 107 Å². The van der Waals surface area contributed by atoms with E-state index < -0.39 is 5.97 Å². The second kappa shape index (κ2) is 28.1.